The highest BCUT2D eigenvalue weighted by molar-refractivity contribution is 5.79. The summed E-state index contributed by atoms with van der Waals surface area (Å²) in [7, 11) is 0. The SMILES string of the molecule is CC(C)CONC(=O)C(C)Oc1ccc(F)cc1. The van der Waals surface area contributed by atoms with Crippen LogP contribution >= 0.6 is 0 Å². The van der Waals surface area contributed by atoms with Gasteiger partial charge >= 0.3 is 0 Å². The minimum Gasteiger partial charge on any atom is -0.481 e. The van der Waals surface area contributed by atoms with Crippen molar-refractivity contribution in [3.63, 3.8) is 0 Å². The van der Waals surface area contributed by atoms with Crippen LogP contribution in [0.2, 0.25) is 0 Å². The van der Waals surface area contributed by atoms with Gasteiger partial charge in [0.25, 0.3) is 5.91 Å². The van der Waals surface area contributed by atoms with Crippen LogP contribution in [0, 0.1) is 11.7 Å². The van der Waals surface area contributed by atoms with E-state index in [1.807, 2.05) is 13.8 Å². The first kappa shape index (κ1) is 14.4. The summed E-state index contributed by atoms with van der Waals surface area (Å²) in [4.78, 5) is 16.6. The van der Waals surface area contributed by atoms with Crippen LogP contribution in [0.15, 0.2) is 24.3 Å². The van der Waals surface area contributed by atoms with Gasteiger partial charge in [0, 0.05) is 0 Å². The Kier molecular flexibility index (Phi) is 5.58. The summed E-state index contributed by atoms with van der Waals surface area (Å²) >= 11 is 0. The zero-order valence-electron chi connectivity index (χ0n) is 10.8. The van der Waals surface area contributed by atoms with E-state index < -0.39 is 6.10 Å². The molecule has 1 unspecified atom stereocenters. The van der Waals surface area contributed by atoms with Gasteiger partial charge < -0.3 is 4.74 Å². The van der Waals surface area contributed by atoms with Crippen molar-refractivity contribution >= 4 is 5.91 Å². The van der Waals surface area contributed by atoms with Gasteiger partial charge in [0.15, 0.2) is 6.10 Å². The molecule has 1 aromatic rings. The first-order chi connectivity index (χ1) is 8.49. The number of carbonyl (C=O) groups is 1. The van der Waals surface area contributed by atoms with Crippen molar-refractivity contribution in [3.05, 3.63) is 30.1 Å². The van der Waals surface area contributed by atoms with Crippen molar-refractivity contribution in [3.8, 4) is 5.75 Å². The maximum absolute atomic E-state index is 12.7. The Bertz CT molecular complexity index is 378. The lowest BCUT2D eigenvalue weighted by molar-refractivity contribution is -0.140. The minimum atomic E-state index is -0.706. The molecule has 0 heterocycles. The van der Waals surface area contributed by atoms with Gasteiger partial charge in [0.05, 0.1) is 6.61 Å². The average molecular weight is 255 g/mol. The van der Waals surface area contributed by atoms with Crippen molar-refractivity contribution in [2.75, 3.05) is 6.61 Å². The lowest BCUT2D eigenvalue weighted by Crippen LogP contribution is -2.37. The molecule has 1 rings (SSSR count). The first-order valence-electron chi connectivity index (χ1n) is 5.83. The summed E-state index contributed by atoms with van der Waals surface area (Å²) in [5.74, 6) is 0.0428. The molecular weight excluding hydrogens is 237 g/mol. The molecule has 0 bridgehead atoms. The van der Waals surface area contributed by atoms with E-state index >= 15 is 0 Å². The molecule has 1 amide bonds. The van der Waals surface area contributed by atoms with E-state index in [9.17, 15) is 9.18 Å². The Balaban J connectivity index is 2.37. The number of benzene rings is 1. The molecule has 1 N–H and O–H groups in total. The van der Waals surface area contributed by atoms with Crippen LogP contribution in [0.4, 0.5) is 4.39 Å². The fraction of sp³-hybridized carbons (Fsp3) is 0.462. The molecule has 4 nitrogen and oxygen atoms in total. The fourth-order valence-electron chi connectivity index (χ4n) is 1.13. The van der Waals surface area contributed by atoms with E-state index in [2.05, 4.69) is 5.48 Å². The van der Waals surface area contributed by atoms with Crippen molar-refractivity contribution < 1.29 is 18.8 Å². The predicted molar refractivity (Wildman–Crippen MR) is 65.4 cm³/mol. The van der Waals surface area contributed by atoms with Gasteiger partial charge in [-0.15, -0.1) is 0 Å². The van der Waals surface area contributed by atoms with Crippen molar-refractivity contribution in [2.45, 2.75) is 26.9 Å². The predicted octanol–water partition coefficient (Wildman–Crippen LogP) is 2.30. The highest BCUT2D eigenvalue weighted by Gasteiger charge is 2.14. The third-order valence-corrected chi connectivity index (χ3v) is 2.09. The lowest BCUT2D eigenvalue weighted by Gasteiger charge is -2.15. The van der Waals surface area contributed by atoms with E-state index in [0.29, 0.717) is 18.3 Å². The molecule has 0 aliphatic heterocycles. The van der Waals surface area contributed by atoms with Gasteiger partial charge in [0.2, 0.25) is 0 Å². The van der Waals surface area contributed by atoms with Gasteiger partial charge in [-0.2, -0.15) is 0 Å². The van der Waals surface area contributed by atoms with Gasteiger partial charge in [-0.05, 0) is 37.1 Å². The highest BCUT2D eigenvalue weighted by atomic mass is 19.1. The maximum Gasteiger partial charge on any atom is 0.284 e. The van der Waals surface area contributed by atoms with Crippen molar-refractivity contribution in [1.82, 2.24) is 5.48 Å². The summed E-state index contributed by atoms with van der Waals surface area (Å²) in [6.07, 6.45) is -0.706. The molecule has 0 aliphatic rings. The van der Waals surface area contributed by atoms with E-state index in [4.69, 9.17) is 9.57 Å². The molecule has 18 heavy (non-hydrogen) atoms. The number of amides is 1. The standard InChI is InChI=1S/C13H18FNO3/c1-9(2)8-17-15-13(16)10(3)18-12-6-4-11(14)5-7-12/h4-7,9-10H,8H2,1-3H3,(H,15,16). The van der Waals surface area contributed by atoms with Gasteiger partial charge in [-0.25, -0.2) is 9.87 Å². The quantitative estimate of drug-likeness (QED) is 0.793. The smallest absolute Gasteiger partial charge is 0.284 e. The summed E-state index contributed by atoms with van der Waals surface area (Å²) in [5, 5.41) is 0. The second kappa shape index (κ2) is 6.96. The van der Waals surface area contributed by atoms with E-state index in [1.165, 1.54) is 24.3 Å². The molecule has 100 valence electrons. The third kappa shape index (κ3) is 5.14. The lowest BCUT2D eigenvalue weighted by atomic mass is 10.2. The zero-order chi connectivity index (χ0) is 13.5. The number of hydroxylamine groups is 1. The summed E-state index contributed by atoms with van der Waals surface area (Å²) in [6.45, 7) is 5.99. The Morgan fingerprint density at radius 2 is 1.89 bits per heavy atom. The normalized spacial score (nSPS) is 12.3. The maximum atomic E-state index is 12.7. The number of ether oxygens (including phenoxy) is 1. The molecule has 1 aromatic carbocycles. The Labute approximate surface area is 106 Å². The number of halogens is 1. The molecule has 0 aliphatic carbocycles. The minimum absolute atomic E-state index is 0.332. The molecule has 0 fully saturated rings. The molecule has 0 saturated heterocycles. The number of hydrogen-bond donors (Lipinski definition) is 1. The summed E-state index contributed by atoms with van der Waals surface area (Å²) in [6, 6.07) is 5.48. The van der Waals surface area contributed by atoms with E-state index in [0.717, 1.165) is 0 Å². The second-order valence-electron chi connectivity index (χ2n) is 4.39. The van der Waals surface area contributed by atoms with Crippen LogP contribution < -0.4 is 10.2 Å². The first-order valence-corrected chi connectivity index (χ1v) is 5.83. The van der Waals surface area contributed by atoms with Crippen LogP contribution in [0.3, 0.4) is 0 Å². The van der Waals surface area contributed by atoms with Crippen LogP contribution in [-0.2, 0) is 9.63 Å². The number of rotatable bonds is 6. The Hall–Kier alpha value is -1.62. The van der Waals surface area contributed by atoms with Gasteiger partial charge in [-0.1, -0.05) is 13.8 Å². The average Bonchev–Trinajstić information content (AvgIpc) is 2.31. The molecule has 0 saturated carbocycles. The third-order valence-electron chi connectivity index (χ3n) is 2.09. The Morgan fingerprint density at radius 3 is 2.44 bits per heavy atom. The second-order valence-corrected chi connectivity index (χ2v) is 4.39. The van der Waals surface area contributed by atoms with Gasteiger partial charge in [0.1, 0.15) is 11.6 Å². The van der Waals surface area contributed by atoms with E-state index in [-0.39, 0.29) is 11.7 Å². The summed E-state index contributed by atoms with van der Waals surface area (Å²) in [5.41, 5.74) is 2.31. The number of hydrogen-bond acceptors (Lipinski definition) is 3. The number of carbonyl (C=O) groups excluding carboxylic acids is 1. The van der Waals surface area contributed by atoms with Gasteiger partial charge in [-0.3, -0.25) is 9.63 Å². The molecule has 0 spiro atoms. The van der Waals surface area contributed by atoms with Crippen molar-refractivity contribution in [2.24, 2.45) is 5.92 Å². The van der Waals surface area contributed by atoms with Crippen LogP contribution in [0.5, 0.6) is 5.75 Å². The molecule has 5 heteroatoms. The number of nitrogens with one attached hydrogen (secondary N) is 1. The molecule has 1 atom stereocenters. The molecular formula is C13H18FNO3. The van der Waals surface area contributed by atoms with Crippen LogP contribution in [-0.4, -0.2) is 18.6 Å². The summed E-state index contributed by atoms with van der Waals surface area (Å²) < 4.78 is 18.0. The largest absolute Gasteiger partial charge is 0.481 e. The zero-order valence-corrected chi connectivity index (χ0v) is 10.8. The fourth-order valence-corrected chi connectivity index (χ4v) is 1.13. The topological polar surface area (TPSA) is 47.6 Å². The Morgan fingerprint density at radius 1 is 1.28 bits per heavy atom. The van der Waals surface area contributed by atoms with E-state index in [1.54, 1.807) is 6.92 Å². The molecule has 0 aromatic heterocycles. The van der Waals surface area contributed by atoms with Crippen LogP contribution in [0.1, 0.15) is 20.8 Å². The monoisotopic (exact) mass is 255 g/mol. The van der Waals surface area contributed by atoms with Crippen molar-refractivity contribution in [1.29, 1.82) is 0 Å². The molecule has 0 radical (unpaired) electrons. The van der Waals surface area contributed by atoms with Crippen LogP contribution in [0.25, 0.3) is 0 Å². The highest BCUT2D eigenvalue weighted by Crippen LogP contribution is 2.12.